The van der Waals surface area contributed by atoms with Gasteiger partial charge in [-0.05, 0) is 31.7 Å². The van der Waals surface area contributed by atoms with E-state index in [9.17, 15) is 0 Å². The van der Waals surface area contributed by atoms with Crippen molar-refractivity contribution in [2.24, 2.45) is 11.8 Å². The van der Waals surface area contributed by atoms with Gasteiger partial charge in [0.15, 0.2) is 0 Å². The van der Waals surface area contributed by atoms with E-state index in [1.165, 1.54) is 38.5 Å². The second-order valence-electron chi connectivity index (χ2n) is 4.89. The Bertz CT molecular complexity index is 133. The summed E-state index contributed by atoms with van der Waals surface area (Å²) in [6.07, 6.45) is 8.09. The number of unbranched alkanes of at least 4 members (excludes halogenated alkanes) is 1. The predicted molar refractivity (Wildman–Crippen MR) is 70.2 cm³/mol. The van der Waals surface area contributed by atoms with Crippen LogP contribution in [0.25, 0.3) is 0 Å². The third-order valence-corrected chi connectivity index (χ3v) is 3.65. The van der Waals surface area contributed by atoms with Crippen LogP contribution in [0, 0.1) is 11.8 Å². The van der Waals surface area contributed by atoms with Crippen LogP contribution in [0.1, 0.15) is 66.2 Å². The highest BCUT2D eigenvalue weighted by Gasteiger charge is 2.22. The molecule has 3 atom stereocenters. The van der Waals surface area contributed by atoms with Gasteiger partial charge in [-0.25, -0.2) is 0 Å². The summed E-state index contributed by atoms with van der Waals surface area (Å²) in [5.41, 5.74) is 0. The van der Waals surface area contributed by atoms with Crippen molar-refractivity contribution in [1.29, 1.82) is 0 Å². The van der Waals surface area contributed by atoms with Crippen LogP contribution >= 0.6 is 0 Å². The van der Waals surface area contributed by atoms with E-state index in [1.807, 2.05) is 0 Å². The van der Waals surface area contributed by atoms with Crippen LogP contribution in [-0.2, 0) is 0 Å². The van der Waals surface area contributed by atoms with E-state index >= 15 is 0 Å². The topological polar surface area (TPSA) is 12.0 Å². The van der Waals surface area contributed by atoms with Gasteiger partial charge in [0.1, 0.15) is 0 Å². The Morgan fingerprint density at radius 3 is 2.07 bits per heavy atom. The van der Waals surface area contributed by atoms with Crippen LogP contribution in [-0.4, -0.2) is 13.1 Å². The fourth-order valence-electron chi connectivity index (χ4n) is 2.72. The molecule has 1 N–H and O–H groups in total. The second kappa shape index (κ2) is 9.21. The number of hydrogen-bond donors (Lipinski definition) is 1. The molecule has 0 aliphatic heterocycles. The van der Waals surface area contributed by atoms with Crippen molar-refractivity contribution >= 4 is 0 Å². The summed E-state index contributed by atoms with van der Waals surface area (Å²) in [6.45, 7) is 9.31. The summed E-state index contributed by atoms with van der Waals surface area (Å²) in [6, 6.07) is 0.724. The number of rotatable bonds is 9. The number of hydrogen-bond acceptors (Lipinski definition) is 1. The van der Waals surface area contributed by atoms with Gasteiger partial charge in [0.05, 0.1) is 0 Å². The van der Waals surface area contributed by atoms with E-state index in [-0.39, 0.29) is 0 Å². The van der Waals surface area contributed by atoms with Gasteiger partial charge in [-0.2, -0.15) is 0 Å². The van der Waals surface area contributed by atoms with Crippen LogP contribution in [0.4, 0.5) is 0 Å². The predicted octanol–water partition coefficient (Wildman–Crippen LogP) is 4.23. The molecule has 0 spiro atoms. The summed E-state index contributed by atoms with van der Waals surface area (Å²) < 4.78 is 0. The molecular weight excluding hydrogens is 182 g/mol. The lowest BCUT2D eigenvalue weighted by Crippen LogP contribution is -2.39. The lowest BCUT2D eigenvalue weighted by atomic mass is 9.82. The summed E-state index contributed by atoms with van der Waals surface area (Å²) >= 11 is 0. The largest absolute Gasteiger partial charge is 0.316 e. The smallest absolute Gasteiger partial charge is 0.0118 e. The van der Waals surface area contributed by atoms with Crippen molar-refractivity contribution in [3.8, 4) is 0 Å². The molecule has 0 aromatic heterocycles. The molecule has 15 heavy (non-hydrogen) atoms. The molecule has 0 saturated heterocycles. The lowest BCUT2D eigenvalue weighted by molar-refractivity contribution is 0.248. The molecule has 0 aliphatic rings. The first-order valence-corrected chi connectivity index (χ1v) is 6.88. The van der Waals surface area contributed by atoms with Crippen molar-refractivity contribution in [2.45, 2.75) is 72.3 Å². The van der Waals surface area contributed by atoms with Crippen LogP contribution in [0.3, 0.4) is 0 Å². The quantitative estimate of drug-likeness (QED) is 0.604. The standard InChI is InChI=1S/C14H31N/c1-6-9-11-13(8-3)14(15-5)12(4)10-7-2/h12-15H,6-11H2,1-5H3. The first kappa shape index (κ1) is 15.0. The van der Waals surface area contributed by atoms with Gasteiger partial charge in [-0.15, -0.1) is 0 Å². The van der Waals surface area contributed by atoms with Gasteiger partial charge in [-0.1, -0.05) is 53.4 Å². The average molecular weight is 213 g/mol. The van der Waals surface area contributed by atoms with Crippen molar-refractivity contribution in [3.63, 3.8) is 0 Å². The Morgan fingerprint density at radius 2 is 1.67 bits per heavy atom. The number of nitrogens with one attached hydrogen (secondary N) is 1. The highest BCUT2D eigenvalue weighted by Crippen LogP contribution is 2.24. The molecule has 0 amide bonds. The van der Waals surface area contributed by atoms with E-state index in [4.69, 9.17) is 0 Å². The van der Waals surface area contributed by atoms with Crippen molar-refractivity contribution in [1.82, 2.24) is 5.32 Å². The molecule has 0 bridgehead atoms. The van der Waals surface area contributed by atoms with Gasteiger partial charge in [0, 0.05) is 6.04 Å². The maximum atomic E-state index is 3.55. The van der Waals surface area contributed by atoms with E-state index < -0.39 is 0 Å². The molecule has 3 unspecified atom stereocenters. The Labute approximate surface area is 97.0 Å². The molecule has 0 aromatic rings. The van der Waals surface area contributed by atoms with Gasteiger partial charge < -0.3 is 5.32 Å². The molecule has 0 saturated carbocycles. The fraction of sp³-hybridized carbons (Fsp3) is 1.00. The normalized spacial score (nSPS) is 17.4. The molecule has 0 heterocycles. The molecule has 0 aliphatic carbocycles. The first-order chi connectivity index (χ1) is 7.21. The first-order valence-electron chi connectivity index (χ1n) is 6.88. The summed E-state index contributed by atoms with van der Waals surface area (Å²) in [4.78, 5) is 0. The highest BCUT2D eigenvalue weighted by atomic mass is 14.9. The van der Waals surface area contributed by atoms with Crippen molar-refractivity contribution < 1.29 is 0 Å². The monoisotopic (exact) mass is 213 g/mol. The summed E-state index contributed by atoms with van der Waals surface area (Å²) in [7, 11) is 2.13. The van der Waals surface area contributed by atoms with Gasteiger partial charge >= 0.3 is 0 Å². The van der Waals surface area contributed by atoms with Crippen LogP contribution in [0.15, 0.2) is 0 Å². The molecule has 1 heteroatoms. The van der Waals surface area contributed by atoms with Crippen LogP contribution < -0.4 is 5.32 Å². The molecule has 1 nitrogen and oxygen atoms in total. The second-order valence-corrected chi connectivity index (χ2v) is 4.89. The lowest BCUT2D eigenvalue weighted by Gasteiger charge is -2.31. The van der Waals surface area contributed by atoms with Gasteiger partial charge in [-0.3, -0.25) is 0 Å². The van der Waals surface area contributed by atoms with Crippen molar-refractivity contribution in [2.75, 3.05) is 7.05 Å². The minimum absolute atomic E-state index is 0.724. The third-order valence-electron chi connectivity index (χ3n) is 3.65. The average Bonchev–Trinajstić information content (AvgIpc) is 2.24. The zero-order valence-electron chi connectivity index (χ0n) is 11.5. The zero-order valence-corrected chi connectivity index (χ0v) is 11.5. The molecule has 0 fully saturated rings. The summed E-state index contributed by atoms with van der Waals surface area (Å²) in [5, 5.41) is 3.55. The highest BCUT2D eigenvalue weighted by molar-refractivity contribution is 4.79. The maximum Gasteiger partial charge on any atom is 0.0118 e. The minimum atomic E-state index is 0.724. The molecule has 0 rings (SSSR count). The Balaban J connectivity index is 4.18. The van der Waals surface area contributed by atoms with Gasteiger partial charge in [0.25, 0.3) is 0 Å². The molecule has 0 radical (unpaired) electrons. The van der Waals surface area contributed by atoms with E-state index in [1.54, 1.807) is 0 Å². The SMILES string of the molecule is CCCCC(CC)C(NC)C(C)CCC. The third kappa shape index (κ3) is 5.55. The van der Waals surface area contributed by atoms with Crippen molar-refractivity contribution in [3.05, 3.63) is 0 Å². The fourth-order valence-corrected chi connectivity index (χ4v) is 2.72. The Morgan fingerprint density at radius 1 is 1.00 bits per heavy atom. The van der Waals surface area contributed by atoms with Crippen LogP contribution in [0.5, 0.6) is 0 Å². The van der Waals surface area contributed by atoms with Gasteiger partial charge in [0.2, 0.25) is 0 Å². The van der Waals surface area contributed by atoms with E-state index in [0.29, 0.717) is 0 Å². The van der Waals surface area contributed by atoms with E-state index in [0.717, 1.165) is 17.9 Å². The molecule has 0 aromatic carbocycles. The zero-order chi connectivity index (χ0) is 11.7. The van der Waals surface area contributed by atoms with E-state index in [2.05, 4.69) is 40.1 Å². The molecule has 92 valence electrons. The van der Waals surface area contributed by atoms with Crippen LogP contribution in [0.2, 0.25) is 0 Å². The Kier molecular flexibility index (Phi) is 9.18. The Hall–Kier alpha value is -0.0400. The summed E-state index contributed by atoms with van der Waals surface area (Å²) in [5.74, 6) is 1.69. The maximum absolute atomic E-state index is 3.55. The molecular formula is C14H31N. The minimum Gasteiger partial charge on any atom is -0.316 e.